The van der Waals surface area contributed by atoms with E-state index in [-0.39, 0.29) is 12.7 Å². The van der Waals surface area contributed by atoms with Crippen LogP contribution in [0.15, 0.2) is 42.5 Å². The molecule has 0 unspecified atom stereocenters. The summed E-state index contributed by atoms with van der Waals surface area (Å²) in [5.74, 6) is 2.05. The van der Waals surface area contributed by atoms with Gasteiger partial charge in [0.25, 0.3) is 0 Å². The molecule has 8 nitrogen and oxygen atoms in total. The standard InChI is InChI=1S/C25H30N4O4/c1-3-5-6-7-8-9-23(30)26-19-11-13-20(14-12-19)29-24(27-25(28-29)31-4-2)18-10-15-21-22(16-18)33-17-32-21/h10-16H,3-9,17H2,1-2H3,(H,26,30). The van der Waals surface area contributed by atoms with Crippen molar-refractivity contribution in [3.63, 3.8) is 0 Å². The number of carbonyl (C=O) groups excluding carboxylic acids is 1. The maximum absolute atomic E-state index is 12.2. The van der Waals surface area contributed by atoms with Crippen LogP contribution in [0.4, 0.5) is 5.69 Å². The van der Waals surface area contributed by atoms with Crippen molar-refractivity contribution in [3.8, 4) is 34.6 Å². The Morgan fingerprint density at radius 2 is 1.82 bits per heavy atom. The molecule has 0 aliphatic carbocycles. The lowest BCUT2D eigenvalue weighted by Gasteiger charge is -2.09. The van der Waals surface area contributed by atoms with E-state index in [0.29, 0.717) is 36.4 Å². The van der Waals surface area contributed by atoms with Gasteiger partial charge in [-0.1, -0.05) is 32.6 Å². The first kappa shape index (κ1) is 22.6. The maximum Gasteiger partial charge on any atom is 0.336 e. The van der Waals surface area contributed by atoms with Gasteiger partial charge in [-0.15, -0.1) is 5.10 Å². The lowest BCUT2D eigenvalue weighted by Crippen LogP contribution is -2.11. The number of nitrogens with zero attached hydrogens (tertiary/aromatic N) is 3. The van der Waals surface area contributed by atoms with E-state index in [2.05, 4.69) is 22.3 Å². The van der Waals surface area contributed by atoms with E-state index in [0.717, 1.165) is 29.8 Å². The van der Waals surface area contributed by atoms with Crippen LogP contribution < -0.4 is 19.5 Å². The van der Waals surface area contributed by atoms with Crippen molar-refractivity contribution in [2.24, 2.45) is 0 Å². The fourth-order valence-corrected chi connectivity index (χ4v) is 3.68. The van der Waals surface area contributed by atoms with Gasteiger partial charge < -0.3 is 19.5 Å². The molecule has 4 rings (SSSR count). The molecule has 1 N–H and O–H groups in total. The number of benzene rings is 2. The highest BCUT2D eigenvalue weighted by atomic mass is 16.7. The molecular weight excluding hydrogens is 420 g/mol. The first-order valence-corrected chi connectivity index (χ1v) is 11.6. The normalized spacial score (nSPS) is 12.1. The Kier molecular flexibility index (Phi) is 7.44. The molecule has 8 heteroatoms. The molecule has 1 aromatic heterocycles. The van der Waals surface area contributed by atoms with Gasteiger partial charge in [0.05, 0.1) is 12.3 Å². The van der Waals surface area contributed by atoms with Crippen molar-refractivity contribution in [2.75, 3.05) is 18.7 Å². The molecule has 0 bridgehead atoms. The summed E-state index contributed by atoms with van der Waals surface area (Å²) in [4.78, 5) is 16.8. The van der Waals surface area contributed by atoms with Gasteiger partial charge >= 0.3 is 6.01 Å². The van der Waals surface area contributed by atoms with Gasteiger partial charge in [0.15, 0.2) is 17.3 Å². The lowest BCUT2D eigenvalue weighted by atomic mass is 10.1. The predicted octanol–water partition coefficient (Wildman–Crippen LogP) is 5.36. The molecule has 33 heavy (non-hydrogen) atoms. The smallest absolute Gasteiger partial charge is 0.336 e. The average Bonchev–Trinajstić information content (AvgIpc) is 3.46. The van der Waals surface area contributed by atoms with Crippen molar-refractivity contribution in [3.05, 3.63) is 42.5 Å². The molecular formula is C25H30N4O4. The van der Waals surface area contributed by atoms with E-state index < -0.39 is 0 Å². The summed E-state index contributed by atoms with van der Waals surface area (Å²) in [5, 5.41) is 7.49. The number of fused-ring (bicyclic) bond motifs is 1. The second-order valence-corrected chi connectivity index (χ2v) is 7.89. The van der Waals surface area contributed by atoms with Gasteiger partial charge in [0.2, 0.25) is 12.7 Å². The Hall–Kier alpha value is -3.55. The number of unbranched alkanes of at least 4 members (excludes halogenated alkanes) is 4. The van der Waals surface area contributed by atoms with Crippen molar-refractivity contribution >= 4 is 11.6 Å². The highest BCUT2D eigenvalue weighted by molar-refractivity contribution is 5.90. The Morgan fingerprint density at radius 3 is 2.61 bits per heavy atom. The van der Waals surface area contributed by atoms with Crippen LogP contribution in [0.2, 0.25) is 0 Å². The first-order valence-electron chi connectivity index (χ1n) is 11.6. The summed E-state index contributed by atoms with van der Waals surface area (Å²) in [5.41, 5.74) is 2.39. The largest absolute Gasteiger partial charge is 0.463 e. The second kappa shape index (κ2) is 10.8. The predicted molar refractivity (Wildman–Crippen MR) is 126 cm³/mol. The van der Waals surface area contributed by atoms with Gasteiger partial charge in [-0.25, -0.2) is 4.68 Å². The second-order valence-electron chi connectivity index (χ2n) is 7.89. The van der Waals surface area contributed by atoms with Crippen LogP contribution in [-0.4, -0.2) is 34.1 Å². The summed E-state index contributed by atoms with van der Waals surface area (Å²) in [6.07, 6.45) is 6.17. The zero-order valence-electron chi connectivity index (χ0n) is 19.2. The summed E-state index contributed by atoms with van der Waals surface area (Å²) in [6, 6.07) is 13.5. The molecule has 0 atom stereocenters. The van der Waals surface area contributed by atoms with Gasteiger partial charge in [-0.2, -0.15) is 4.98 Å². The topological polar surface area (TPSA) is 87.5 Å². The monoisotopic (exact) mass is 450 g/mol. The van der Waals surface area contributed by atoms with E-state index in [4.69, 9.17) is 14.2 Å². The fourth-order valence-electron chi connectivity index (χ4n) is 3.68. The van der Waals surface area contributed by atoms with E-state index in [9.17, 15) is 4.79 Å². The van der Waals surface area contributed by atoms with E-state index in [1.165, 1.54) is 19.3 Å². The van der Waals surface area contributed by atoms with E-state index >= 15 is 0 Å². The molecule has 0 fully saturated rings. The van der Waals surface area contributed by atoms with Crippen LogP contribution in [0.5, 0.6) is 17.5 Å². The number of nitrogens with one attached hydrogen (secondary N) is 1. The molecule has 0 spiro atoms. The third-order valence-corrected chi connectivity index (χ3v) is 5.39. The number of anilines is 1. The minimum absolute atomic E-state index is 0.0414. The molecule has 2 aromatic carbocycles. The first-order chi connectivity index (χ1) is 16.2. The fraction of sp³-hybridized carbons (Fsp3) is 0.400. The summed E-state index contributed by atoms with van der Waals surface area (Å²) < 4.78 is 18.2. The number of rotatable bonds is 11. The minimum Gasteiger partial charge on any atom is -0.463 e. The average molecular weight is 451 g/mol. The minimum atomic E-state index is 0.0414. The quantitative estimate of drug-likeness (QED) is 0.396. The third kappa shape index (κ3) is 5.63. The zero-order valence-corrected chi connectivity index (χ0v) is 19.2. The molecule has 1 aliphatic rings. The number of ether oxygens (including phenoxy) is 3. The molecule has 0 radical (unpaired) electrons. The lowest BCUT2D eigenvalue weighted by molar-refractivity contribution is -0.116. The Labute approximate surface area is 193 Å². The molecule has 3 aromatic rings. The summed E-state index contributed by atoms with van der Waals surface area (Å²) in [6.45, 7) is 4.75. The number of carbonyl (C=O) groups is 1. The highest BCUT2D eigenvalue weighted by Crippen LogP contribution is 2.36. The SMILES string of the molecule is CCCCCCCC(=O)Nc1ccc(-n2nc(OCC)nc2-c2ccc3c(c2)OCO3)cc1. The third-order valence-electron chi connectivity index (χ3n) is 5.39. The van der Waals surface area contributed by atoms with E-state index in [1.807, 2.05) is 49.4 Å². The van der Waals surface area contributed by atoms with Crippen molar-refractivity contribution in [1.29, 1.82) is 0 Å². The van der Waals surface area contributed by atoms with Crippen molar-refractivity contribution in [2.45, 2.75) is 52.4 Å². The van der Waals surface area contributed by atoms with Crippen LogP contribution in [0.1, 0.15) is 52.4 Å². The molecule has 0 saturated heterocycles. The summed E-state index contributed by atoms with van der Waals surface area (Å²) in [7, 11) is 0. The van der Waals surface area contributed by atoms with Crippen LogP contribution in [0, 0.1) is 0 Å². The highest BCUT2D eigenvalue weighted by Gasteiger charge is 2.19. The van der Waals surface area contributed by atoms with Gasteiger partial charge in [-0.05, 0) is 55.8 Å². The molecule has 1 aliphatic heterocycles. The summed E-state index contributed by atoms with van der Waals surface area (Å²) >= 11 is 0. The Morgan fingerprint density at radius 1 is 1.03 bits per heavy atom. The molecule has 174 valence electrons. The Bertz CT molecular complexity index is 1080. The number of hydrogen-bond donors (Lipinski definition) is 1. The van der Waals surface area contributed by atoms with E-state index in [1.54, 1.807) is 4.68 Å². The number of amides is 1. The van der Waals surface area contributed by atoms with Crippen molar-refractivity contribution in [1.82, 2.24) is 14.8 Å². The number of hydrogen-bond acceptors (Lipinski definition) is 6. The Balaban J connectivity index is 1.49. The van der Waals surface area contributed by atoms with Crippen LogP contribution >= 0.6 is 0 Å². The van der Waals surface area contributed by atoms with Crippen LogP contribution in [0.25, 0.3) is 17.1 Å². The van der Waals surface area contributed by atoms with Crippen molar-refractivity contribution < 1.29 is 19.0 Å². The molecule has 1 amide bonds. The number of aromatic nitrogens is 3. The van der Waals surface area contributed by atoms with Crippen LogP contribution in [0.3, 0.4) is 0 Å². The maximum atomic E-state index is 12.2. The van der Waals surface area contributed by atoms with Crippen LogP contribution in [-0.2, 0) is 4.79 Å². The van der Waals surface area contributed by atoms with Gasteiger partial charge in [0, 0.05) is 17.7 Å². The molecule has 0 saturated carbocycles. The zero-order chi connectivity index (χ0) is 23.0. The van der Waals surface area contributed by atoms with Gasteiger partial charge in [0.1, 0.15) is 0 Å². The molecule has 2 heterocycles. The van der Waals surface area contributed by atoms with Gasteiger partial charge in [-0.3, -0.25) is 4.79 Å².